The largest absolute Gasteiger partial charge is 0.350 e. The molecule has 1 N–H and O–H groups in total. The molecule has 1 aliphatic heterocycles. The van der Waals surface area contributed by atoms with Gasteiger partial charge in [0.25, 0.3) is 0 Å². The fourth-order valence-electron chi connectivity index (χ4n) is 2.34. The van der Waals surface area contributed by atoms with Crippen LogP contribution >= 0.6 is 0 Å². The van der Waals surface area contributed by atoms with Gasteiger partial charge in [0.05, 0.1) is 6.54 Å². The fraction of sp³-hybridized carbons (Fsp3) is 0.500. The van der Waals surface area contributed by atoms with Crippen LogP contribution in [-0.4, -0.2) is 29.8 Å². The third kappa shape index (κ3) is 4.37. The summed E-state index contributed by atoms with van der Waals surface area (Å²) in [6.45, 7) is 3.44. The Balaban J connectivity index is 1.79. The molecule has 0 aromatic heterocycles. The molecule has 4 heteroatoms. The highest BCUT2D eigenvalue weighted by Gasteiger charge is 2.18. The quantitative estimate of drug-likeness (QED) is 0.913. The molecule has 1 saturated heterocycles. The maximum absolute atomic E-state index is 11.9. The van der Waals surface area contributed by atoms with E-state index >= 15 is 0 Å². The second-order valence-electron chi connectivity index (χ2n) is 5.39. The van der Waals surface area contributed by atoms with Crippen LogP contribution in [0.2, 0.25) is 0 Å². The van der Waals surface area contributed by atoms with Crippen molar-refractivity contribution >= 4 is 11.8 Å². The van der Waals surface area contributed by atoms with Gasteiger partial charge in [-0.1, -0.05) is 36.2 Å². The number of benzene rings is 1. The van der Waals surface area contributed by atoms with Gasteiger partial charge in [0.2, 0.25) is 11.8 Å². The van der Waals surface area contributed by atoms with Crippen LogP contribution in [0.1, 0.15) is 36.8 Å². The van der Waals surface area contributed by atoms with Gasteiger partial charge in [0, 0.05) is 19.5 Å². The Morgan fingerprint density at radius 3 is 2.70 bits per heavy atom. The molecular weight excluding hydrogens is 252 g/mol. The van der Waals surface area contributed by atoms with E-state index in [-0.39, 0.29) is 18.4 Å². The van der Waals surface area contributed by atoms with Crippen LogP contribution in [0.4, 0.5) is 0 Å². The monoisotopic (exact) mass is 274 g/mol. The second-order valence-corrected chi connectivity index (χ2v) is 5.39. The summed E-state index contributed by atoms with van der Waals surface area (Å²) in [6, 6.07) is 8.07. The summed E-state index contributed by atoms with van der Waals surface area (Å²) in [6.07, 6.45) is 3.59. The van der Waals surface area contributed by atoms with Crippen molar-refractivity contribution in [1.82, 2.24) is 10.2 Å². The minimum atomic E-state index is -0.0826. The molecule has 4 nitrogen and oxygen atoms in total. The first-order valence-electron chi connectivity index (χ1n) is 7.25. The molecule has 108 valence electrons. The second kappa shape index (κ2) is 7.08. The van der Waals surface area contributed by atoms with Crippen LogP contribution in [0.25, 0.3) is 0 Å². The summed E-state index contributed by atoms with van der Waals surface area (Å²) in [5, 5.41) is 2.87. The number of rotatable bonds is 4. The van der Waals surface area contributed by atoms with E-state index in [9.17, 15) is 9.59 Å². The van der Waals surface area contributed by atoms with Gasteiger partial charge in [-0.2, -0.15) is 0 Å². The summed E-state index contributed by atoms with van der Waals surface area (Å²) >= 11 is 0. The molecule has 1 heterocycles. The van der Waals surface area contributed by atoms with Gasteiger partial charge >= 0.3 is 0 Å². The van der Waals surface area contributed by atoms with Crippen LogP contribution in [0.15, 0.2) is 24.3 Å². The van der Waals surface area contributed by atoms with Crippen molar-refractivity contribution in [1.29, 1.82) is 0 Å². The highest BCUT2D eigenvalue weighted by Crippen LogP contribution is 2.10. The van der Waals surface area contributed by atoms with Crippen LogP contribution in [-0.2, 0) is 16.1 Å². The normalized spacial score (nSPS) is 15.8. The molecule has 2 rings (SSSR count). The topological polar surface area (TPSA) is 49.4 Å². The lowest BCUT2D eigenvalue weighted by molar-refractivity contribution is -0.135. The summed E-state index contributed by atoms with van der Waals surface area (Å²) in [5.41, 5.74) is 2.28. The van der Waals surface area contributed by atoms with E-state index < -0.39 is 0 Å². The number of aryl methyl sites for hydroxylation is 1. The molecule has 1 fully saturated rings. The Hall–Kier alpha value is -1.84. The SMILES string of the molecule is Cc1ccc(CNC(=O)CN2CCCCCC2=O)cc1. The molecule has 0 spiro atoms. The summed E-state index contributed by atoms with van der Waals surface area (Å²) in [7, 11) is 0. The zero-order valence-corrected chi connectivity index (χ0v) is 12.0. The van der Waals surface area contributed by atoms with Crippen molar-refractivity contribution in [3.05, 3.63) is 35.4 Å². The van der Waals surface area contributed by atoms with E-state index in [1.54, 1.807) is 4.90 Å². The number of carbonyl (C=O) groups excluding carboxylic acids is 2. The summed E-state index contributed by atoms with van der Waals surface area (Å²) in [4.78, 5) is 25.4. The molecule has 0 unspecified atom stereocenters. The molecule has 20 heavy (non-hydrogen) atoms. The van der Waals surface area contributed by atoms with Gasteiger partial charge in [-0.05, 0) is 25.3 Å². The summed E-state index contributed by atoms with van der Waals surface area (Å²) in [5.74, 6) is 0.0220. The number of nitrogens with zero attached hydrogens (tertiary/aromatic N) is 1. The van der Waals surface area contributed by atoms with Crippen LogP contribution in [0.3, 0.4) is 0 Å². The minimum Gasteiger partial charge on any atom is -0.350 e. The molecule has 0 atom stereocenters. The average molecular weight is 274 g/mol. The Bertz CT molecular complexity index is 468. The fourth-order valence-corrected chi connectivity index (χ4v) is 2.34. The number of likely N-dealkylation sites (tertiary alicyclic amines) is 1. The Labute approximate surface area is 120 Å². The maximum Gasteiger partial charge on any atom is 0.239 e. The maximum atomic E-state index is 11.9. The molecule has 1 aliphatic rings. The third-order valence-electron chi connectivity index (χ3n) is 3.62. The molecule has 0 aliphatic carbocycles. The standard InChI is InChI=1S/C16H22N2O2/c1-13-6-8-14(9-7-13)11-17-15(19)12-18-10-4-2-3-5-16(18)20/h6-9H,2-5,10-12H2,1H3,(H,17,19). The molecule has 1 aromatic rings. The van der Waals surface area contributed by atoms with E-state index in [0.717, 1.165) is 24.8 Å². The predicted octanol–water partition coefficient (Wildman–Crippen LogP) is 2.01. The van der Waals surface area contributed by atoms with E-state index in [0.29, 0.717) is 19.5 Å². The lowest BCUT2D eigenvalue weighted by atomic mass is 10.1. The zero-order chi connectivity index (χ0) is 14.4. The van der Waals surface area contributed by atoms with Crippen molar-refractivity contribution in [2.24, 2.45) is 0 Å². The minimum absolute atomic E-state index is 0.0826. The van der Waals surface area contributed by atoms with E-state index in [2.05, 4.69) is 5.32 Å². The van der Waals surface area contributed by atoms with Gasteiger partial charge in [-0.3, -0.25) is 9.59 Å². The molecule has 2 amide bonds. The van der Waals surface area contributed by atoms with Gasteiger partial charge in [-0.15, -0.1) is 0 Å². The Morgan fingerprint density at radius 1 is 1.20 bits per heavy atom. The van der Waals surface area contributed by atoms with Gasteiger partial charge < -0.3 is 10.2 Å². The van der Waals surface area contributed by atoms with E-state index in [4.69, 9.17) is 0 Å². The Kier molecular flexibility index (Phi) is 5.16. The van der Waals surface area contributed by atoms with Crippen molar-refractivity contribution in [3.8, 4) is 0 Å². The lowest BCUT2D eigenvalue weighted by Gasteiger charge is -2.19. The van der Waals surface area contributed by atoms with Crippen molar-refractivity contribution in [2.45, 2.75) is 39.2 Å². The number of hydrogen-bond donors (Lipinski definition) is 1. The first-order valence-corrected chi connectivity index (χ1v) is 7.25. The zero-order valence-electron chi connectivity index (χ0n) is 12.0. The van der Waals surface area contributed by atoms with Crippen LogP contribution in [0.5, 0.6) is 0 Å². The third-order valence-corrected chi connectivity index (χ3v) is 3.62. The number of hydrogen-bond acceptors (Lipinski definition) is 2. The average Bonchev–Trinajstić information content (AvgIpc) is 2.64. The highest BCUT2D eigenvalue weighted by atomic mass is 16.2. The van der Waals surface area contributed by atoms with E-state index in [1.165, 1.54) is 5.56 Å². The van der Waals surface area contributed by atoms with Gasteiger partial charge in [-0.25, -0.2) is 0 Å². The molecule has 0 radical (unpaired) electrons. The molecular formula is C16H22N2O2. The molecule has 0 bridgehead atoms. The van der Waals surface area contributed by atoms with Gasteiger partial charge in [0.15, 0.2) is 0 Å². The van der Waals surface area contributed by atoms with E-state index in [1.807, 2.05) is 31.2 Å². The van der Waals surface area contributed by atoms with Crippen LogP contribution in [0, 0.1) is 6.92 Å². The Morgan fingerprint density at radius 2 is 1.95 bits per heavy atom. The highest BCUT2D eigenvalue weighted by molar-refractivity contribution is 5.84. The summed E-state index contributed by atoms with van der Waals surface area (Å²) < 4.78 is 0. The first kappa shape index (κ1) is 14.6. The smallest absolute Gasteiger partial charge is 0.239 e. The first-order chi connectivity index (χ1) is 9.65. The lowest BCUT2D eigenvalue weighted by Crippen LogP contribution is -2.40. The molecule has 1 aromatic carbocycles. The number of nitrogens with one attached hydrogen (secondary N) is 1. The number of amides is 2. The van der Waals surface area contributed by atoms with Crippen molar-refractivity contribution < 1.29 is 9.59 Å². The number of carbonyl (C=O) groups is 2. The van der Waals surface area contributed by atoms with Gasteiger partial charge in [0.1, 0.15) is 0 Å². The van der Waals surface area contributed by atoms with Crippen LogP contribution < -0.4 is 5.32 Å². The van der Waals surface area contributed by atoms with Crippen molar-refractivity contribution in [3.63, 3.8) is 0 Å². The predicted molar refractivity (Wildman–Crippen MR) is 78.1 cm³/mol. The van der Waals surface area contributed by atoms with Crippen molar-refractivity contribution in [2.75, 3.05) is 13.1 Å². The molecule has 0 saturated carbocycles.